The van der Waals surface area contributed by atoms with Gasteiger partial charge in [-0.2, -0.15) is 5.10 Å². The molecule has 4 heteroatoms. The zero-order valence-electron chi connectivity index (χ0n) is 10.5. The summed E-state index contributed by atoms with van der Waals surface area (Å²) in [5, 5.41) is 7.25. The molecule has 0 amide bonds. The van der Waals surface area contributed by atoms with Crippen molar-refractivity contribution in [3.63, 3.8) is 0 Å². The summed E-state index contributed by atoms with van der Waals surface area (Å²) >= 11 is 0. The largest absolute Gasteiger partial charge is 0.378 e. The fourth-order valence-electron chi connectivity index (χ4n) is 1.70. The van der Waals surface area contributed by atoms with Crippen LogP contribution < -0.4 is 5.32 Å². The van der Waals surface area contributed by atoms with Crippen molar-refractivity contribution < 1.29 is 4.79 Å². The molecular weight excluding hydrogens is 226 g/mol. The molecule has 0 atom stereocenters. The van der Waals surface area contributed by atoms with Crippen LogP contribution in [0, 0.1) is 0 Å². The van der Waals surface area contributed by atoms with Crippen LogP contribution in [0.25, 0.3) is 0 Å². The Kier molecular flexibility index (Phi) is 4.12. The van der Waals surface area contributed by atoms with E-state index in [1.54, 1.807) is 17.1 Å². The molecule has 1 aromatic heterocycles. The minimum atomic E-state index is 0.0567. The van der Waals surface area contributed by atoms with E-state index >= 15 is 0 Å². The second-order valence-corrected chi connectivity index (χ2v) is 4.13. The third kappa shape index (κ3) is 3.20. The molecule has 94 valence electrons. The fourth-order valence-corrected chi connectivity index (χ4v) is 1.70. The number of para-hydroxylation sites is 1. The first-order valence-corrected chi connectivity index (χ1v) is 6.14. The number of hydrogen-bond donors (Lipinski definition) is 1. The summed E-state index contributed by atoms with van der Waals surface area (Å²) < 4.78 is 1.80. The third-order valence-corrected chi connectivity index (χ3v) is 2.63. The number of rotatable bonds is 6. The van der Waals surface area contributed by atoms with Crippen LogP contribution in [0.3, 0.4) is 0 Å². The zero-order valence-corrected chi connectivity index (χ0v) is 10.5. The Morgan fingerprint density at radius 2 is 2.11 bits per heavy atom. The highest BCUT2D eigenvalue weighted by molar-refractivity contribution is 5.98. The van der Waals surface area contributed by atoms with Gasteiger partial charge >= 0.3 is 0 Å². The monoisotopic (exact) mass is 243 g/mol. The number of ketones is 1. The molecule has 0 saturated carbocycles. The predicted molar refractivity (Wildman–Crippen MR) is 71.8 cm³/mol. The molecule has 4 nitrogen and oxygen atoms in total. The molecule has 0 radical (unpaired) electrons. The Morgan fingerprint density at radius 3 is 2.83 bits per heavy atom. The van der Waals surface area contributed by atoms with Gasteiger partial charge in [0.2, 0.25) is 0 Å². The van der Waals surface area contributed by atoms with Crippen LogP contribution in [0.1, 0.15) is 23.7 Å². The van der Waals surface area contributed by atoms with Crippen molar-refractivity contribution in [3.8, 4) is 0 Å². The van der Waals surface area contributed by atoms with Crippen LogP contribution in [0.4, 0.5) is 5.69 Å². The van der Waals surface area contributed by atoms with Gasteiger partial charge in [-0.05, 0) is 18.6 Å². The van der Waals surface area contributed by atoms with Crippen molar-refractivity contribution in [3.05, 3.63) is 48.3 Å². The van der Waals surface area contributed by atoms with Crippen LogP contribution in [-0.4, -0.2) is 22.1 Å². The van der Waals surface area contributed by atoms with Gasteiger partial charge in [0.1, 0.15) is 0 Å². The number of aromatic nitrogens is 2. The second-order valence-electron chi connectivity index (χ2n) is 4.13. The van der Waals surface area contributed by atoms with Crippen molar-refractivity contribution in [2.45, 2.75) is 19.9 Å². The van der Waals surface area contributed by atoms with Crippen molar-refractivity contribution in [2.24, 2.45) is 0 Å². The quantitative estimate of drug-likeness (QED) is 0.793. The molecule has 0 bridgehead atoms. The molecule has 18 heavy (non-hydrogen) atoms. The lowest BCUT2D eigenvalue weighted by molar-refractivity contribution is 0.101. The summed E-state index contributed by atoms with van der Waals surface area (Å²) in [4.78, 5) is 11.9. The number of carbonyl (C=O) groups is 1. The molecule has 1 N–H and O–H groups in total. The molecular formula is C14H17N3O. The van der Waals surface area contributed by atoms with Crippen molar-refractivity contribution in [2.75, 3.05) is 11.9 Å². The molecule has 2 aromatic rings. The topological polar surface area (TPSA) is 46.9 Å². The van der Waals surface area contributed by atoms with Crippen LogP contribution in [0.5, 0.6) is 0 Å². The maximum atomic E-state index is 11.9. The van der Waals surface area contributed by atoms with Crippen LogP contribution in [0.2, 0.25) is 0 Å². The van der Waals surface area contributed by atoms with Crippen LogP contribution >= 0.6 is 0 Å². The van der Waals surface area contributed by atoms with Crippen molar-refractivity contribution in [1.29, 1.82) is 0 Å². The molecule has 2 rings (SSSR count). The predicted octanol–water partition coefficient (Wildman–Crippen LogP) is 2.59. The van der Waals surface area contributed by atoms with E-state index < -0.39 is 0 Å². The van der Waals surface area contributed by atoms with Gasteiger partial charge < -0.3 is 5.32 Å². The second kappa shape index (κ2) is 6.00. The summed E-state index contributed by atoms with van der Waals surface area (Å²) in [6.45, 7) is 3.22. The Balaban J connectivity index is 1.91. The fraction of sp³-hybridized carbons (Fsp3) is 0.286. The van der Waals surface area contributed by atoms with E-state index in [2.05, 4.69) is 17.3 Å². The lowest BCUT2D eigenvalue weighted by Gasteiger charge is -2.03. The Hall–Kier alpha value is -2.10. The molecule has 0 saturated heterocycles. The number of anilines is 1. The average molecular weight is 243 g/mol. The lowest BCUT2D eigenvalue weighted by Crippen LogP contribution is -2.13. The average Bonchev–Trinajstić information content (AvgIpc) is 2.86. The Labute approximate surface area is 107 Å². The first-order chi connectivity index (χ1) is 8.79. The van der Waals surface area contributed by atoms with Gasteiger partial charge in [-0.3, -0.25) is 9.48 Å². The summed E-state index contributed by atoms with van der Waals surface area (Å²) in [6, 6.07) is 9.70. The highest BCUT2D eigenvalue weighted by Crippen LogP contribution is 2.06. The lowest BCUT2D eigenvalue weighted by atomic mass is 10.2. The van der Waals surface area contributed by atoms with Gasteiger partial charge in [0.05, 0.1) is 18.3 Å². The highest BCUT2D eigenvalue weighted by atomic mass is 16.1. The maximum absolute atomic E-state index is 11.9. The normalized spacial score (nSPS) is 10.3. The number of Topliss-reactive ketones (excluding diaryl/α,β-unsaturated/α-hetero) is 1. The molecule has 1 aromatic carbocycles. The first-order valence-electron chi connectivity index (χ1n) is 6.14. The molecule has 0 aliphatic carbocycles. The molecule has 0 fully saturated rings. The zero-order chi connectivity index (χ0) is 12.8. The summed E-state index contributed by atoms with van der Waals surface area (Å²) in [7, 11) is 0. The highest BCUT2D eigenvalue weighted by Gasteiger charge is 2.08. The Morgan fingerprint density at radius 1 is 1.33 bits per heavy atom. The number of nitrogens with one attached hydrogen (secondary N) is 1. The van der Waals surface area contributed by atoms with Gasteiger partial charge in [0, 0.05) is 18.4 Å². The number of nitrogens with zero attached hydrogens (tertiary/aromatic N) is 2. The minimum Gasteiger partial charge on any atom is -0.378 e. The smallest absolute Gasteiger partial charge is 0.185 e. The van der Waals surface area contributed by atoms with Gasteiger partial charge in [-0.25, -0.2) is 0 Å². The number of aryl methyl sites for hydroxylation is 1. The van der Waals surface area contributed by atoms with Gasteiger partial charge in [0.25, 0.3) is 0 Å². The third-order valence-electron chi connectivity index (χ3n) is 2.63. The molecule has 0 aliphatic heterocycles. The van der Waals surface area contributed by atoms with E-state index in [4.69, 9.17) is 0 Å². The van der Waals surface area contributed by atoms with E-state index in [-0.39, 0.29) is 5.78 Å². The molecule has 0 spiro atoms. The SMILES string of the molecule is CCCn1cc(C(=O)CNc2ccccc2)cn1. The minimum absolute atomic E-state index is 0.0567. The summed E-state index contributed by atoms with van der Waals surface area (Å²) in [5.41, 5.74) is 1.61. The van der Waals surface area contributed by atoms with Crippen molar-refractivity contribution in [1.82, 2.24) is 9.78 Å². The molecule has 0 aliphatic rings. The summed E-state index contributed by atoms with van der Waals surface area (Å²) in [6.07, 6.45) is 4.45. The van der Waals surface area contributed by atoms with Crippen LogP contribution in [-0.2, 0) is 6.54 Å². The van der Waals surface area contributed by atoms with E-state index in [9.17, 15) is 4.79 Å². The summed E-state index contributed by atoms with van der Waals surface area (Å²) in [5.74, 6) is 0.0567. The van der Waals surface area contributed by atoms with Gasteiger partial charge in [0.15, 0.2) is 5.78 Å². The van der Waals surface area contributed by atoms with E-state index in [1.165, 1.54) is 0 Å². The molecule has 1 heterocycles. The van der Waals surface area contributed by atoms with Crippen molar-refractivity contribution >= 4 is 11.5 Å². The molecule has 0 unspecified atom stereocenters. The number of hydrogen-bond acceptors (Lipinski definition) is 3. The van der Waals surface area contributed by atoms with Gasteiger partial charge in [-0.15, -0.1) is 0 Å². The number of carbonyl (C=O) groups excluding carboxylic acids is 1. The van der Waals surface area contributed by atoms with E-state index in [0.717, 1.165) is 18.7 Å². The number of benzene rings is 1. The standard InChI is InChI=1S/C14H17N3O/c1-2-8-17-11-12(9-16-17)14(18)10-15-13-6-4-3-5-7-13/h3-7,9,11,15H,2,8,10H2,1H3. The maximum Gasteiger partial charge on any atom is 0.185 e. The van der Waals surface area contributed by atoms with E-state index in [1.807, 2.05) is 30.3 Å². The van der Waals surface area contributed by atoms with Gasteiger partial charge in [-0.1, -0.05) is 25.1 Å². The first kappa shape index (κ1) is 12.4. The van der Waals surface area contributed by atoms with Crippen LogP contribution in [0.15, 0.2) is 42.7 Å². The van der Waals surface area contributed by atoms with E-state index in [0.29, 0.717) is 12.1 Å². The Bertz CT molecular complexity index is 505.